The Bertz CT molecular complexity index is 1050. The molecule has 4 aromatic rings. The molecule has 3 N–H and O–H groups in total. The average Bonchev–Trinajstić information content (AvgIpc) is 3.16. The van der Waals surface area contributed by atoms with Gasteiger partial charge in [-0.15, -0.1) is 15.3 Å². The van der Waals surface area contributed by atoms with Crippen LogP contribution in [0.4, 0.5) is 17.2 Å². The molecule has 0 aliphatic carbocycles. The number of tetrazole rings is 1. The molecule has 4 rings (SSSR count). The van der Waals surface area contributed by atoms with Gasteiger partial charge in [0.1, 0.15) is 5.69 Å². The number of aryl methyl sites for hydroxylation is 1. The van der Waals surface area contributed by atoms with Crippen LogP contribution >= 0.6 is 0 Å². The molecule has 2 aromatic heterocycles. The summed E-state index contributed by atoms with van der Waals surface area (Å²) in [6.07, 6.45) is 1.74. The topological polar surface area (TPSA) is 118 Å². The van der Waals surface area contributed by atoms with Gasteiger partial charge in [0, 0.05) is 22.5 Å². The van der Waals surface area contributed by atoms with Crippen LogP contribution in [0.15, 0.2) is 58.9 Å². The van der Waals surface area contributed by atoms with Gasteiger partial charge in [-0.25, -0.2) is 4.98 Å². The lowest BCUT2D eigenvalue weighted by Crippen LogP contribution is -1.91. The van der Waals surface area contributed by atoms with Gasteiger partial charge in [-0.05, 0) is 42.5 Å². The number of nitrogens with zero attached hydrogens (tertiary/aromatic N) is 6. The lowest BCUT2D eigenvalue weighted by Gasteiger charge is -2.05. The number of pyridine rings is 1. The molecular formula is C17H14N8. The zero-order chi connectivity index (χ0) is 17.2. The quantitative estimate of drug-likeness (QED) is 0.555. The van der Waals surface area contributed by atoms with E-state index < -0.39 is 0 Å². The minimum atomic E-state index is 0.352. The van der Waals surface area contributed by atoms with Crippen molar-refractivity contribution in [2.45, 2.75) is 6.92 Å². The van der Waals surface area contributed by atoms with E-state index in [0.717, 1.165) is 21.9 Å². The number of benzene rings is 2. The van der Waals surface area contributed by atoms with E-state index in [1.54, 1.807) is 6.20 Å². The monoisotopic (exact) mass is 330 g/mol. The van der Waals surface area contributed by atoms with Gasteiger partial charge >= 0.3 is 0 Å². The summed E-state index contributed by atoms with van der Waals surface area (Å²) in [5.74, 6) is 0.881. The van der Waals surface area contributed by atoms with Gasteiger partial charge in [0.25, 0.3) is 0 Å². The molecule has 2 aromatic carbocycles. The average molecular weight is 330 g/mol. The first kappa shape index (κ1) is 14.9. The van der Waals surface area contributed by atoms with Gasteiger partial charge in [0.2, 0.25) is 5.82 Å². The maximum atomic E-state index is 6.00. The van der Waals surface area contributed by atoms with Crippen LogP contribution in [0.1, 0.15) is 5.56 Å². The molecule has 2 heterocycles. The molecule has 0 aliphatic heterocycles. The maximum absolute atomic E-state index is 6.00. The number of aromatic nitrogens is 5. The van der Waals surface area contributed by atoms with Crippen molar-refractivity contribution in [2.24, 2.45) is 10.2 Å². The van der Waals surface area contributed by atoms with Crippen molar-refractivity contribution in [3.05, 3.63) is 54.2 Å². The number of azo groups is 1. The minimum absolute atomic E-state index is 0.352. The summed E-state index contributed by atoms with van der Waals surface area (Å²) in [5, 5.41) is 24.4. The van der Waals surface area contributed by atoms with Gasteiger partial charge < -0.3 is 5.73 Å². The number of anilines is 1. The summed E-state index contributed by atoms with van der Waals surface area (Å²) in [4.78, 5) is 4.19. The second-order valence-electron chi connectivity index (χ2n) is 5.57. The molecule has 0 fully saturated rings. The molecule has 0 spiro atoms. The summed E-state index contributed by atoms with van der Waals surface area (Å²) in [6, 6.07) is 13.4. The van der Waals surface area contributed by atoms with Gasteiger partial charge in [-0.2, -0.15) is 10.3 Å². The van der Waals surface area contributed by atoms with Crippen LogP contribution < -0.4 is 5.73 Å². The fourth-order valence-corrected chi connectivity index (χ4v) is 2.50. The Kier molecular flexibility index (Phi) is 3.62. The van der Waals surface area contributed by atoms with E-state index in [0.29, 0.717) is 23.0 Å². The standard InChI is InChI=1S/C17H14N8/c1-10-2-3-12-9-19-16(18)15(14(12)8-10)21-20-13-6-4-11(5-7-13)17-22-24-25-23-17/h2-9H,1H3,(H2,18,19)(H,22,23,24,25). The number of rotatable bonds is 3. The maximum Gasteiger partial charge on any atom is 0.204 e. The molecule has 25 heavy (non-hydrogen) atoms. The van der Waals surface area contributed by atoms with Gasteiger partial charge in [-0.1, -0.05) is 17.7 Å². The molecule has 0 bridgehead atoms. The van der Waals surface area contributed by atoms with Gasteiger partial charge in [-0.3, -0.25) is 0 Å². The summed E-state index contributed by atoms with van der Waals surface area (Å²) in [7, 11) is 0. The van der Waals surface area contributed by atoms with Crippen LogP contribution in [0.3, 0.4) is 0 Å². The van der Waals surface area contributed by atoms with E-state index >= 15 is 0 Å². The Morgan fingerprint density at radius 2 is 1.88 bits per heavy atom. The predicted molar refractivity (Wildman–Crippen MR) is 94.7 cm³/mol. The van der Waals surface area contributed by atoms with Crippen molar-refractivity contribution in [3.63, 3.8) is 0 Å². The van der Waals surface area contributed by atoms with E-state index in [4.69, 9.17) is 5.73 Å². The van der Waals surface area contributed by atoms with Crippen molar-refractivity contribution in [1.82, 2.24) is 25.6 Å². The molecule has 0 aliphatic rings. The highest BCUT2D eigenvalue weighted by Crippen LogP contribution is 2.32. The van der Waals surface area contributed by atoms with Crippen LogP contribution in [-0.2, 0) is 0 Å². The van der Waals surface area contributed by atoms with Crippen molar-refractivity contribution in [2.75, 3.05) is 5.73 Å². The van der Waals surface area contributed by atoms with Gasteiger partial charge in [0.05, 0.1) is 5.69 Å². The van der Waals surface area contributed by atoms with Crippen molar-refractivity contribution in [3.8, 4) is 11.4 Å². The molecule has 0 saturated heterocycles. The Balaban J connectivity index is 1.69. The van der Waals surface area contributed by atoms with Crippen molar-refractivity contribution < 1.29 is 0 Å². The van der Waals surface area contributed by atoms with E-state index in [1.807, 2.05) is 49.4 Å². The highest BCUT2D eigenvalue weighted by Gasteiger charge is 2.07. The Labute approximate surface area is 142 Å². The van der Waals surface area contributed by atoms with Crippen LogP contribution in [-0.4, -0.2) is 25.6 Å². The first-order valence-corrected chi connectivity index (χ1v) is 7.61. The summed E-state index contributed by atoms with van der Waals surface area (Å²) in [6.45, 7) is 2.02. The molecule has 8 nitrogen and oxygen atoms in total. The number of nitrogens with two attached hydrogens (primary N) is 1. The zero-order valence-electron chi connectivity index (χ0n) is 13.4. The lowest BCUT2D eigenvalue weighted by atomic mass is 10.1. The number of hydrogen-bond acceptors (Lipinski definition) is 7. The molecule has 0 radical (unpaired) electrons. The van der Waals surface area contributed by atoms with Crippen LogP contribution in [0.2, 0.25) is 0 Å². The largest absolute Gasteiger partial charge is 0.382 e. The molecule has 0 amide bonds. The first-order valence-electron chi connectivity index (χ1n) is 7.61. The summed E-state index contributed by atoms with van der Waals surface area (Å²) < 4.78 is 0. The van der Waals surface area contributed by atoms with E-state index in [1.165, 1.54) is 0 Å². The summed E-state index contributed by atoms with van der Waals surface area (Å²) in [5.41, 5.74) is 9.23. The molecule has 122 valence electrons. The highest BCUT2D eigenvalue weighted by atomic mass is 15.5. The Morgan fingerprint density at radius 1 is 1.04 bits per heavy atom. The van der Waals surface area contributed by atoms with E-state index in [2.05, 4.69) is 35.8 Å². The number of nitrogen functional groups attached to an aromatic ring is 1. The normalized spacial score (nSPS) is 11.4. The van der Waals surface area contributed by atoms with Crippen molar-refractivity contribution >= 4 is 28.0 Å². The third kappa shape index (κ3) is 2.92. The predicted octanol–water partition coefficient (Wildman–Crippen LogP) is 3.72. The van der Waals surface area contributed by atoms with Gasteiger partial charge in [0.15, 0.2) is 5.82 Å². The fraction of sp³-hybridized carbons (Fsp3) is 0.0588. The zero-order valence-corrected chi connectivity index (χ0v) is 13.4. The molecule has 0 unspecified atom stereocenters. The third-order valence-corrected chi connectivity index (χ3v) is 3.79. The highest BCUT2D eigenvalue weighted by molar-refractivity contribution is 5.96. The Morgan fingerprint density at radius 3 is 2.64 bits per heavy atom. The van der Waals surface area contributed by atoms with Crippen LogP contribution in [0, 0.1) is 6.92 Å². The Hall–Kier alpha value is -3.68. The van der Waals surface area contributed by atoms with E-state index in [-0.39, 0.29) is 0 Å². The lowest BCUT2D eigenvalue weighted by molar-refractivity contribution is 0.881. The number of hydrogen-bond donors (Lipinski definition) is 2. The smallest absolute Gasteiger partial charge is 0.204 e. The SMILES string of the molecule is Cc1ccc2cnc(N)c(N=Nc3ccc(-c4nn[nH]n4)cc3)c2c1. The number of aromatic amines is 1. The van der Waals surface area contributed by atoms with Crippen LogP contribution in [0.25, 0.3) is 22.2 Å². The van der Waals surface area contributed by atoms with Crippen LogP contribution in [0.5, 0.6) is 0 Å². The third-order valence-electron chi connectivity index (χ3n) is 3.79. The minimum Gasteiger partial charge on any atom is -0.382 e. The second-order valence-corrected chi connectivity index (χ2v) is 5.57. The van der Waals surface area contributed by atoms with E-state index in [9.17, 15) is 0 Å². The second kappa shape index (κ2) is 6.08. The molecule has 8 heteroatoms. The number of H-pyrrole nitrogens is 1. The summed E-state index contributed by atoms with van der Waals surface area (Å²) >= 11 is 0. The molecule has 0 atom stereocenters. The number of fused-ring (bicyclic) bond motifs is 1. The van der Waals surface area contributed by atoms with Crippen molar-refractivity contribution in [1.29, 1.82) is 0 Å². The first-order chi connectivity index (χ1) is 12.2. The molecule has 0 saturated carbocycles. The molecular weight excluding hydrogens is 316 g/mol. The fourth-order valence-electron chi connectivity index (χ4n) is 2.50. The number of nitrogens with one attached hydrogen (secondary N) is 1.